The summed E-state index contributed by atoms with van der Waals surface area (Å²) < 4.78 is 0. The smallest absolute Gasteiger partial charge is 0.407 e. The normalized spacial score (nSPS) is 20.7. The van der Waals surface area contributed by atoms with Crippen LogP contribution in [0.1, 0.15) is 73.9 Å². The quantitative estimate of drug-likeness (QED) is 0.150. The molecule has 2 aromatic heterocycles. The molecule has 0 aliphatic carbocycles. The number of amides is 3. The molecule has 3 aromatic carbocycles. The van der Waals surface area contributed by atoms with Gasteiger partial charge in [0, 0.05) is 20.1 Å². The minimum absolute atomic E-state index is 0.0126. The fourth-order valence-corrected chi connectivity index (χ4v) is 8.47. The minimum atomic E-state index is -1.16. The highest BCUT2D eigenvalue weighted by atomic mass is 16.4. The molecule has 3 aliphatic heterocycles. The SMILES string of the molecule is CN1CCC[C@H]1C(=O)N1CCC[C@H]1c1ncc(-c2ccc(-c3ccc(-c4cnc([C@@H]5CCCN5C(=O)[C@@H](c5ccccc5)N(C)C(=O)O)[nH]4)cc3)cc2)[nH]1. The molecule has 5 aromatic rings. The number of aromatic nitrogens is 4. The summed E-state index contributed by atoms with van der Waals surface area (Å²) in [5, 5.41) is 9.78. The van der Waals surface area contributed by atoms with Crippen molar-refractivity contribution in [2.24, 2.45) is 0 Å². The Morgan fingerprint density at radius 3 is 1.72 bits per heavy atom. The van der Waals surface area contributed by atoms with Crippen LogP contribution >= 0.6 is 0 Å². The van der Waals surface area contributed by atoms with Crippen LogP contribution in [0.2, 0.25) is 0 Å². The molecule has 3 aliphatic rings. The summed E-state index contributed by atoms with van der Waals surface area (Å²) in [6, 6.07) is 24.5. The number of carboxylic acid groups (broad SMARTS) is 1. The molecule has 0 spiro atoms. The number of imidazole rings is 2. The van der Waals surface area contributed by atoms with E-state index in [9.17, 15) is 19.5 Å². The second kappa shape index (κ2) is 14.9. The Morgan fingerprint density at radius 1 is 0.704 bits per heavy atom. The highest BCUT2D eigenvalue weighted by Crippen LogP contribution is 2.37. The number of aromatic amines is 2. The molecule has 3 saturated heterocycles. The maximum absolute atomic E-state index is 13.9. The van der Waals surface area contributed by atoms with Crippen LogP contribution in [0.4, 0.5) is 4.79 Å². The molecule has 12 nitrogen and oxygen atoms in total. The summed E-state index contributed by atoms with van der Waals surface area (Å²) in [7, 11) is 3.48. The molecule has 3 amide bonds. The predicted molar refractivity (Wildman–Crippen MR) is 205 cm³/mol. The molecule has 0 radical (unpaired) electrons. The average Bonchev–Trinajstić information content (AvgIpc) is 4.05. The van der Waals surface area contributed by atoms with Crippen molar-refractivity contribution in [2.75, 3.05) is 33.7 Å². The molecule has 5 heterocycles. The van der Waals surface area contributed by atoms with Gasteiger partial charge in [0.15, 0.2) is 0 Å². The Labute approximate surface area is 314 Å². The number of hydrogen-bond acceptors (Lipinski definition) is 6. The summed E-state index contributed by atoms with van der Waals surface area (Å²) in [6.07, 6.45) is 7.96. The number of carbonyl (C=O) groups is 3. The lowest BCUT2D eigenvalue weighted by molar-refractivity contribution is -0.137. The summed E-state index contributed by atoms with van der Waals surface area (Å²) >= 11 is 0. The highest BCUT2D eigenvalue weighted by Gasteiger charge is 2.40. The monoisotopic (exact) mass is 726 g/mol. The Bertz CT molecular complexity index is 2110. The first kappa shape index (κ1) is 35.3. The van der Waals surface area contributed by atoms with Crippen molar-refractivity contribution in [3.63, 3.8) is 0 Å². The van der Waals surface area contributed by atoms with E-state index in [4.69, 9.17) is 9.97 Å². The third-order valence-electron chi connectivity index (χ3n) is 11.5. The largest absolute Gasteiger partial charge is 0.465 e. The van der Waals surface area contributed by atoms with Gasteiger partial charge in [-0.05, 0) is 79.9 Å². The van der Waals surface area contributed by atoms with E-state index < -0.39 is 12.1 Å². The number of H-pyrrole nitrogens is 2. The van der Waals surface area contributed by atoms with Crippen molar-refractivity contribution in [2.45, 2.75) is 62.7 Å². The van der Waals surface area contributed by atoms with Crippen molar-refractivity contribution in [3.8, 4) is 33.6 Å². The van der Waals surface area contributed by atoms with Gasteiger partial charge in [-0.3, -0.25) is 19.4 Å². The summed E-state index contributed by atoms with van der Waals surface area (Å²) in [5.74, 6) is 1.52. The van der Waals surface area contributed by atoms with Crippen LogP contribution < -0.4 is 0 Å². The fraction of sp³-hybridized carbons (Fsp3) is 0.357. The molecule has 0 saturated carbocycles. The van der Waals surface area contributed by atoms with Crippen molar-refractivity contribution in [1.29, 1.82) is 0 Å². The van der Waals surface area contributed by atoms with Gasteiger partial charge in [0.25, 0.3) is 5.91 Å². The third kappa shape index (κ3) is 6.77. The number of hydrogen-bond donors (Lipinski definition) is 3. The number of nitrogens with one attached hydrogen (secondary N) is 2. The Hall–Kier alpha value is -5.75. The summed E-state index contributed by atoms with van der Waals surface area (Å²) in [5.41, 5.74) is 6.59. The molecule has 0 unspecified atom stereocenters. The Kier molecular flexibility index (Phi) is 9.76. The second-order valence-electron chi connectivity index (χ2n) is 14.7. The van der Waals surface area contributed by atoms with Crippen LogP contribution in [0.5, 0.6) is 0 Å². The number of likely N-dealkylation sites (tertiary alicyclic amines) is 3. The molecular weight excluding hydrogens is 681 g/mol. The van der Waals surface area contributed by atoms with Crippen molar-refractivity contribution >= 4 is 17.9 Å². The molecule has 0 bridgehead atoms. The molecule has 8 rings (SSSR count). The van der Waals surface area contributed by atoms with Gasteiger partial charge in [0.2, 0.25) is 5.91 Å². The van der Waals surface area contributed by atoms with Gasteiger partial charge < -0.3 is 24.9 Å². The number of nitrogens with zero attached hydrogens (tertiary/aromatic N) is 6. The topological polar surface area (TPSA) is 142 Å². The zero-order chi connectivity index (χ0) is 37.3. The van der Waals surface area contributed by atoms with Gasteiger partial charge in [-0.25, -0.2) is 14.8 Å². The zero-order valence-corrected chi connectivity index (χ0v) is 30.7. The Morgan fingerprint density at radius 2 is 1.20 bits per heavy atom. The van der Waals surface area contributed by atoms with Gasteiger partial charge in [-0.2, -0.15) is 0 Å². The first-order valence-corrected chi connectivity index (χ1v) is 18.9. The van der Waals surface area contributed by atoms with Crippen LogP contribution in [0, 0.1) is 0 Å². The fourth-order valence-electron chi connectivity index (χ4n) is 8.47. The number of benzene rings is 3. The maximum atomic E-state index is 13.9. The van der Waals surface area contributed by atoms with Crippen LogP contribution in [0.3, 0.4) is 0 Å². The van der Waals surface area contributed by atoms with E-state index in [1.807, 2.05) is 36.3 Å². The van der Waals surface area contributed by atoms with Crippen molar-refractivity contribution in [1.82, 2.24) is 39.5 Å². The molecule has 12 heteroatoms. The number of carbonyl (C=O) groups excluding carboxylic acids is 2. The van der Waals surface area contributed by atoms with Crippen LogP contribution in [0.15, 0.2) is 91.3 Å². The maximum Gasteiger partial charge on any atom is 0.407 e. The van der Waals surface area contributed by atoms with Crippen LogP contribution in [0.25, 0.3) is 33.6 Å². The van der Waals surface area contributed by atoms with Crippen LogP contribution in [-0.4, -0.2) is 102 Å². The summed E-state index contributed by atoms with van der Waals surface area (Å²) in [4.78, 5) is 62.7. The third-order valence-corrected chi connectivity index (χ3v) is 11.5. The van der Waals surface area contributed by atoms with Crippen molar-refractivity contribution in [3.05, 3.63) is 108 Å². The first-order valence-electron chi connectivity index (χ1n) is 18.9. The average molecular weight is 727 g/mol. The lowest BCUT2D eigenvalue weighted by Crippen LogP contribution is -2.44. The molecule has 4 atom stereocenters. The second-order valence-corrected chi connectivity index (χ2v) is 14.7. The van der Waals surface area contributed by atoms with Crippen LogP contribution in [-0.2, 0) is 9.59 Å². The first-order chi connectivity index (χ1) is 26.3. The van der Waals surface area contributed by atoms with Crippen molar-refractivity contribution < 1.29 is 19.5 Å². The molecular formula is C42H46N8O4. The highest BCUT2D eigenvalue weighted by molar-refractivity contribution is 5.87. The van der Waals surface area contributed by atoms with E-state index in [2.05, 4.69) is 63.4 Å². The van der Waals surface area contributed by atoms with Gasteiger partial charge >= 0.3 is 6.09 Å². The molecule has 54 heavy (non-hydrogen) atoms. The summed E-state index contributed by atoms with van der Waals surface area (Å²) in [6.45, 7) is 2.29. The van der Waals surface area contributed by atoms with E-state index >= 15 is 0 Å². The predicted octanol–water partition coefficient (Wildman–Crippen LogP) is 6.91. The van der Waals surface area contributed by atoms with E-state index in [-0.39, 0.29) is 29.9 Å². The molecule has 278 valence electrons. The lowest BCUT2D eigenvalue weighted by atomic mass is 10.0. The standard InChI is InChI=1S/C42H46N8O4/c1-47-22-6-13-36(47)40(51)49-23-7-11-34(49)38-43-25-32(45-38)29-18-14-27(15-19-29)28-16-20-30(21-17-28)33-26-44-39(46-33)35-12-8-24-50(35)41(52)37(48(2)42(53)54)31-9-4-3-5-10-31/h3-5,9-10,14-21,25-26,34-37H,6-8,11-13,22-24H2,1-2H3,(H,43,45)(H,44,46)(H,53,54)/t34-,35-,36-,37+/m0/s1. The minimum Gasteiger partial charge on any atom is -0.465 e. The molecule has 3 fully saturated rings. The van der Waals surface area contributed by atoms with E-state index in [1.54, 1.807) is 23.2 Å². The zero-order valence-electron chi connectivity index (χ0n) is 30.7. The van der Waals surface area contributed by atoms with Gasteiger partial charge in [0.05, 0.1) is 41.9 Å². The van der Waals surface area contributed by atoms with E-state index in [0.29, 0.717) is 17.9 Å². The van der Waals surface area contributed by atoms with Gasteiger partial charge in [0.1, 0.15) is 17.7 Å². The van der Waals surface area contributed by atoms with E-state index in [1.165, 1.54) is 7.05 Å². The Balaban J connectivity index is 0.934. The van der Waals surface area contributed by atoms with Gasteiger partial charge in [-0.15, -0.1) is 0 Å². The van der Waals surface area contributed by atoms with E-state index in [0.717, 1.165) is 96.0 Å². The van der Waals surface area contributed by atoms with Gasteiger partial charge in [-0.1, -0.05) is 78.9 Å². The lowest BCUT2D eigenvalue weighted by Gasteiger charge is -2.32. The molecule has 3 N–H and O–H groups in total. The number of rotatable bonds is 9. The number of likely N-dealkylation sites (N-methyl/N-ethyl adjacent to an activating group) is 2.